The quantitative estimate of drug-likeness (QED) is 0.222. The second kappa shape index (κ2) is 20.8. The lowest BCUT2D eigenvalue weighted by molar-refractivity contribution is -0.112. The fourth-order valence-corrected chi connectivity index (χ4v) is 11.7. The van der Waals surface area contributed by atoms with E-state index in [4.69, 9.17) is 28.9 Å². The summed E-state index contributed by atoms with van der Waals surface area (Å²) in [6.07, 6.45) is 8.66. The van der Waals surface area contributed by atoms with Crippen LogP contribution in [0.25, 0.3) is 10.8 Å². The van der Waals surface area contributed by atoms with E-state index >= 15 is 0 Å². The molecule has 0 aliphatic carbocycles. The third-order valence-electron chi connectivity index (χ3n) is 16.2. The van der Waals surface area contributed by atoms with E-state index in [0.717, 1.165) is 32.5 Å². The summed E-state index contributed by atoms with van der Waals surface area (Å²) in [7, 11) is 1.51. The summed E-state index contributed by atoms with van der Waals surface area (Å²) in [6, 6.07) is 0.423. The van der Waals surface area contributed by atoms with Crippen molar-refractivity contribution >= 4 is 34.2 Å². The van der Waals surface area contributed by atoms with Gasteiger partial charge in [0.05, 0.1) is 40.9 Å². The molecule has 0 radical (unpaired) electrons. The molecule has 5 bridgehead atoms. The molecule has 17 nitrogen and oxygen atoms in total. The molecule has 2 aromatic carbocycles. The van der Waals surface area contributed by atoms with Gasteiger partial charge in [-0.2, -0.15) is 0 Å². The predicted molar refractivity (Wildman–Crippen MR) is 268 cm³/mol. The van der Waals surface area contributed by atoms with Gasteiger partial charge in [-0.25, -0.2) is 4.79 Å². The highest BCUT2D eigenvalue weighted by Gasteiger charge is 2.50. The number of likely N-dealkylation sites (tertiary alicyclic amines) is 3. The van der Waals surface area contributed by atoms with Crippen LogP contribution in [0.3, 0.4) is 0 Å². The maximum absolute atomic E-state index is 15.0. The first-order chi connectivity index (χ1) is 33.7. The van der Waals surface area contributed by atoms with Gasteiger partial charge in [0, 0.05) is 106 Å². The number of phenols is 2. The van der Waals surface area contributed by atoms with E-state index in [0.29, 0.717) is 51.0 Å². The minimum absolute atomic E-state index is 0.0425. The number of aliphatic hydroxyl groups is 2. The summed E-state index contributed by atoms with van der Waals surface area (Å²) in [5.41, 5.74) is -0.559. The first-order valence-corrected chi connectivity index (χ1v) is 25.8. The highest BCUT2D eigenvalue weighted by molar-refractivity contribution is 6.19. The summed E-state index contributed by atoms with van der Waals surface area (Å²) < 4.78 is 25.0. The molecule has 3 fully saturated rings. The van der Waals surface area contributed by atoms with E-state index in [1.165, 1.54) is 33.1 Å². The lowest BCUT2D eigenvalue weighted by Crippen LogP contribution is -2.50. The van der Waals surface area contributed by atoms with Crippen molar-refractivity contribution in [3.05, 3.63) is 58.0 Å². The topological polar surface area (TPSA) is 216 Å². The molecule has 7 aliphatic rings. The SMILES string of the molecule is CO[C@H]1/C=C/O[C@@]2(C)Oc3c(C)c(O)c4c(O)c(c5c(c4c3C2=O)=NC2(CCN(CC(C)C)CC2)N=5)NC(=O)/C(C)=C\C=C\[C@H](C)[C@H](O)[C@@H](C)[C@@H](O)[C@@H](C)[C@H](OC(=O)N2CCC(N3CCCC3)CC2)[C@@H]1C. The molecule has 0 saturated carbocycles. The summed E-state index contributed by atoms with van der Waals surface area (Å²) in [6.45, 7) is 21.7. The van der Waals surface area contributed by atoms with E-state index in [-0.39, 0.29) is 55.4 Å². The summed E-state index contributed by atoms with van der Waals surface area (Å²) in [4.78, 5) is 60.1. The zero-order chi connectivity index (χ0) is 51.3. The number of ether oxygens (including phenoxy) is 4. The number of ketones is 1. The number of benzene rings is 2. The number of hydrogen-bond donors (Lipinski definition) is 5. The number of hydrogen-bond acceptors (Lipinski definition) is 15. The van der Waals surface area contributed by atoms with Crippen LogP contribution in [0.2, 0.25) is 0 Å². The summed E-state index contributed by atoms with van der Waals surface area (Å²) in [5.74, 6) is -5.96. The number of aromatic hydroxyl groups is 2. The van der Waals surface area contributed by atoms with Gasteiger partial charge in [0.25, 0.3) is 11.7 Å². The average Bonchev–Trinajstić information content (AvgIpc) is 4.09. The Morgan fingerprint density at radius 2 is 1.55 bits per heavy atom. The number of nitrogens with one attached hydrogen (secondary N) is 1. The molecule has 2 aromatic rings. The molecule has 17 heteroatoms. The van der Waals surface area contributed by atoms with Crippen molar-refractivity contribution in [3.63, 3.8) is 0 Å². The van der Waals surface area contributed by atoms with Crippen LogP contribution < -0.4 is 20.8 Å². The lowest BCUT2D eigenvalue weighted by atomic mass is 9.78. The van der Waals surface area contributed by atoms with Crippen LogP contribution in [0.1, 0.15) is 110 Å². The minimum atomic E-state index is -1.97. The number of allylic oxidation sites excluding steroid dienone is 2. The third kappa shape index (κ3) is 10.1. The number of phenolic OH excluding ortho intramolecular Hbond substituents is 2. The Labute approximate surface area is 417 Å². The van der Waals surface area contributed by atoms with Crippen molar-refractivity contribution in [3.8, 4) is 17.2 Å². The van der Waals surface area contributed by atoms with Gasteiger partial charge in [0.2, 0.25) is 0 Å². The van der Waals surface area contributed by atoms with Crippen LogP contribution >= 0.6 is 0 Å². The van der Waals surface area contributed by atoms with E-state index < -0.39 is 83.1 Å². The Bertz CT molecular complexity index is 2590. The first-order valence-electron chi connectivity index (χ1n) is 25.8. The fourth-order valence-electron chi connectivity index (χ4n) is 11.7. The molecule has 9 rings (SSSR count). The van der Waals surface area contributed by atoms with Crippen LogP contribution in [0, 0.1) is 36.5 Å². The van der Waals surface area contributed by atoms with Gasteiger partial charge in [0.15, 0.2) is 11.4 Å². The number of amides is 2. The molecule has 5 N–H and O–H groups in total. The first kappa shape index (κ1) is 52.3. The molecule has 2 amide bonds. The minimum Gasteiger partial charge on any atom is -0.507 e. The Morgan fingerprint density at radius 3 is 2.20 bits per heavy atom. The van der Waals surface area contributed by atoms with Crippen molar-refractivity contribution in [2.75, 3.05) is 58.2 Å². The number of carbonyl (C=O) groups is 3. The van der Waals surface area contributed by atoms with Crippen molar-refractivity contribution in [1.29, 1.82) is 0 Å². The Hall–Kier alpha value is -5.07. The third-order valence-corrected chi connectivity index (χ3v) is 16.2. The van der Waals surface area contributed by atoms with Gasteiger partial charge < -0.3 is 59.4 Å². The number of methoxy groups -OCH3 is 1. The highest BCUT2D eigenvalue weighted by atomic mass is 16.7. The summed E-state index contributed by atoms with van der Waals surface area (Å²) >= 11 is 0. The van der Waals surface area contributed by atoms with Crippen molar-refractivity contribution in [2.24, 2.45) is 39.6 Å². The maximum atomic E-state index is 15.0. The van der Waals surface area contributed by atoms with Gasteiger partial charge in [-0.3, -0.25) is 19.6 Å². The van der Waals surface area contributed by atoms with Crippen molar-refractivity contribution in [1.82, 2.24) is 14.7 Å². The number of rotatable bonds is 5. The summed E-state index contributed by atoms with van der Waals surface area (Å²) in [5, 5.41) is 51.2. The number of nitrogens with zero attached hydrogens (tertiary/aromatic N) is 5. The number of anilines is 1. The fraction of sp³-hybridized carbons (Fsp3) is 0.648. The number of fused-ring (bicyclic) bond motifs is 13. The van der Waals surface area contributed by atoms with E-state index in [1.54, 1.807) is 56.9 Å². The number of piperidine rings is 2. The molecule has 7 heterocycles. The zero-order valence-corrected chi connectivity index (χ0v) is 43.2. The number of carbonyl (C=O) groups excluding carboxylic acids is 3. The van der Waals surface area contributed by atoms with Gasteiger partial charge in [-0.05, 0) is 64.6 Å². The van der Waals surface area contributed by atoms with Crippen LogP contribution in [-0.4, -0.2) is 148 Å². The molecule has 3 saturated heterocycles. The molecular formula is C54H76N6O11. The number of Topliss-reactive ketones (excluding diaryl/α,β-unsaturated/α-hetero) is 1. The molecule has 9 atom stereocenters. The van der Waals surface area contributed by atoms with E-state index in [9.17, 15) is 34.8 Å². The predicted octanol–water partition coefficient (Wildman–Crippen LogP) is 5.88. The second-order valence-corrected chi connectivity index (χ2v) is 21.7. The Morgan fingerprint density at radius 1 is 0.887 bits per heavy atom. The molecule has 7 aliphatic heterocycles. The Balaban J connectivity index is 1.19. The van der Waals surface area contributed by atoms with Crippen LogP contribution in [0.4, 0.5) is 10.5 Å². The molecule has 71 heavy (non-hydrogen) atoms. The van der Waals surface area contributed by atoms with E-state index in [2.05, 4.69) is 29.0 Å². The standard InChI is InChI=1S/C54H76N6O11/c1-29(2)28-58-25-19-54(20-26-58)56-41-38-39-46(63)35(8)49-40(38)50(65)53(9,71-49)69-27-18-37(68-10)32(5)48(70-52(67)60-23-16-36(17-24-60)59-21-11-12-22-59)34(7)45(62)33(6)44(61)30(3)14-13-15-31(4)51(66)55-43(47(39)64)42(41)57-54/h13-15,18,27,29-30,32-34,36-37,44-45,48,61-64H,11-12,16-17,19-26,28H2,1-10H3,(H,55,66)/b14-13+,27-18+,31-15-/t30-,32+,33+,34+,37-,44-,45+,48+,53-/m0/s1. The maximum Gasteiger partial charge on any atom is 0.410 e. The van der Waals surface area contributed by atoms with Gasteiger partial charge in [-0.15, -0.1) is 0 Å². The van der Waals surface area contributed by atoms with Gasteiger partial charge in [-0.1, -0.05) is 59.8 Å². The molecular weight excluding hydrogens is 909 g/mol. The smallest absolute Gasteiger partial charge is 0.410 e. The van der Waals surface area contributed by atoms with Crippen LogP contribution in [0.5, 0.6) is 17.2 Å². The van der Waals surface area contributed by atoms with Crippen molar-refractivity contribution in [2.45, 2.75) is 143 Å². The van der Waals surface area contributed by atoms with Crippen LogP contribution in [-0.2, 0) is 19.0 Å². The number of aliphatic hydroxyl groups excluding tert-OH is 2. The van der Waals surface area contributed by atoms with E-state index in [1.807, 2.05) is 13.8 Å². The molecule has 388 valence electrons. The molecule has 1 spiro atoms. The van der Waals surface area contributed by atoms with Crippen LogP contribution in [0.15, 0.2) is 46.1 Å². The average molecular weight is 985 g/mol. The van der Waals surface area contributed by atoms with Crippen molar-refractivity contribution < 1.29 is 53.8 Å². The molecule has 0 unspecified atom stereocenters. The van der Waals surface area contributed by atoms with Gasteiger partial charge >= 0.3 is 11.9 Å². The zero-order valence-electron chi connectivity index (χ0n) is 43.2. The largest absolute Gasteiger partial charge is 0.507 e. The Kier molecular flexibility index (Phi) is 15.3. The normalized spacial score (nSPS) is 32.7. The highest BCUT2D eigenvalue weighted by Crippen LogP contribution is 2.50. The second-order valence-electron chi connectivity index (χ2n) is 21.7. The monoisotopic (exact) mass is 985 g/mol. The lowest BCUT2D eigenvalue weighted by Gasteiger charge is -2.40. The molecule has 0 aromatic heterocycles. The van der Waals surface area contributed by atoms with Gasteiger partial charge in [0.1, 0.15) is 28.6 Å².